The number of nitro groups is 1. The molecule has 1 heterocycles. The molecule has 1 N–H and O–H groups in total. The molecule has 0 amide bonds. The van der Waals surface area contributed by atoms with Gasteiger partial charge in [-0.3, -0.25) is 15.4 Å². The fraction of sp³-hybridized carbons (Fsp3) is 1.00. The fourth-order valence-electron chi connectivity index (χ4n) is 1.12. The normalized spacial score (nSPS) is 31.7. The van der Waals surface area contributed by atoms with Crippen LogP contribution in [0.1, 0.15) is 13.3 Å². The molecule has 1 aliphatic heterocycles. The standard InChI is InChI=1S/C6H12N2O3/c1-2-6(8(9)10)3-7-5-11-4-6/h7H,2-5H2,1H3. The summed E-state index contributed by atoms with van der Waals surface area (Å²) in [4.78, 5) is 10.3. The van der Waals surface area contributed by atoms with Crippen molar-refractivity contribution in [2.45, 2.75) is 18.9 Å². The van der Waals surface area contributed by atoms with Crippen molar-refractivity contribution in [2.24, 2.45) is 0 Å². The maximum absolute atomic E-state index is 10.6. The largest absolute Gasteiger partial charge is 0.359 e. The second kappa shape index (κ2) is 3.15. The van der Waals surface area contributed by atoms with Crippen molar-refractivity contribution < 1.29 is 9.66 Å². The lowest BCUT2D eigenvalue weighted by atomic mass is 9.98. The van der Waals surface area contributed by atoms with E-state index in [-0.39, 0.29) is 11.5 Å². The van der Waals surface area contributed by atoms with E-state index in [1.54, 1.807) is 6.92 Å². The molecule has 1 fully saturated rings. The summed E-state index contributed by atoms with van der Waals surface area (Å²) in [6.45, 7) is 2.87. The van der Waals surface area contributed by atoms with Crippen LogP contribution >= 0.6 is 0 Å². The molecule has 0 bridgehead atoms. The van der Waals surface area contributed by atoms with Gasteiger partial charge in [0.25, 0.3) is 5.54 Å². The highest BCUT2D eigenvalue weighted by Gasteiger charge is 2.42. The zero-order valence-corrected chi connectivity index (χ0v) is 6.50. The van der Waals surface area contributed by atoms with Gasteiger partial charge in [-0.05, 0) is 0 Å². The van der Waals surface area contributed by atoms with E-state index in [9.17, 15) is 10.1 Å². The Kier molecular flexibility index (Phi) is 2.41. The smallest absolute Gasteiger partial charge is 0.257 e. The lowest BCUT2D eigenvalue weighted by Gasteiger charge is -2.28. The number of nitrogens with one attached hydrogen (secondary N) is 1. The minimum Gasteiger partial charge on any atom is -0.359 e. The molecule has 0 aliphatic carbocycles. The highest BCUT2D eigenvalue weighted by Crippen LogP contribution is 2.16. The van der Waals surface area contributed by atoms with E-state index in [0.29, 0.717) is 19.7 Å². The van der Waals surface area contributed by atoms with Gasteiger partial charge in [0.15, 0.2) is 0 Å². The van der Waals surface area contributed by atoms with Gasteiger partial charge in [-0.1, -0.05) is 6.92 Å². The van der Waals surface area contributed by atoms with Crippen LogP contribution in [0.4, 0.5) is 0 Å². The first-order chi connectivity index (χ1) is 5.21. The van der Waals surface area contributed by atoms with Crippen molar-refractivity contribution in [3.05, 3.63) is 10.1 Å². The number of rotatable bonds is 2. The van der Waals surface area contributed by atoms with E-state index >= 15 is 0 Å². The molecule has 1 aliphatic rings. The molecule has 1 rings (SSSR count). The Morgan fingerprint density at radius 1 is 1.82 bits per heavy atom. The van der Waals surface area contributed by atoms with Gasteiger partial charge in [0.2, 0.25) is 0 Å². The molecule has 0 aromatic heterocycles. The van der Waals surface area contributed by atoms with E-state index < -0.39 is 5.54 Å². The Hall–Kier alpha value is -0.680. The second-order valence-electron chi connectivity index (χ2n) is 2.75. The molecule has 0 aromatic carbocycles. The Labute approximate surface area is 64.9 Å². The van der Waals surface area contributed by atoms with Crippen LogP contribution in [0.2, 0.25) is 0 Å². The Morgan fingerprint density at radius 2 is 2.55 bits per heavy atom. The Balaban J connectivity index is 2.64. The third-order valence-corrected chi connectivity index (χ3v) is 2.07. The number of hydrogen-bond donors (Lipinski definition) is 1. The molecule has 1 atom stereocenters. The predicted molar refractivity (Wildman–Crippen MR) is 38.8 cm³/mol. The van der Waals surface area contributed by atoms with Crippen molar-refractivity contribution in [3.63, 3.8) is 0 Å². The summed E-state index contributed by atoms with van der Waals surface area (Å²) >= 11 is 0. The van der Waals surface area contributed by atoms with E-state index in [1.165, 1.54) is 0 Å². The molecule has 11 heavy (non-hydrogen) atoms. The lowest BCUT2D eigenvalue weighted by molar-refractivity contribution is -0.576. The first-order valence-corrected chi connectivity index (χ1v) is 3.64. The monoisotopic (exact) mass is 160 g/mol. The zero-order valence-electron chi connectivity index (χ0n) is 6.50. The van der Waals surface area contributed by atoms with Gasteiger partial charge in [0, 0.05) is 11.3 Å². The summed E-state index contributed by atoms with van der Waals surface area (Å²) in [5.41, 5.74) is -0.891. The second-order valence-corrected chi connectivity index (χ2v) is 2.75. The average molecular weight is 160 g/mol. The summed E-state index contributed by atoms with van der Waals surface area (Å²) in [5.74, 6) is 0. The molecule has 0 aromatic rings. The van der Waals surface area contributed by atoms with Crippen LogP contribution in [0.5, 0.6) is 0 Å². The third kappa shape index (κ3) is 1.49. The average Bonchev–Trinajstić information content (AvgIpc) is 2.05. The minimum atomic E-state index is -0.891. The molecular formula is C6H12N2O3. The Bertz CT molecular complexity index is 154. The van der Waals surface area contributed by atoms with Crippen LogP contribution in [0.3, 0.4) is 0 Å². The van der Waals surface area contributed by atoms with Gasteiger partial charge >= 0.3 is 0 Å². The van der Waals surface area contributed by atoms with Gasteiger partial charge in [-0.25, -0.2) is 0 Å². The van der Waals surface area contributed by atoms with Crippen molar-refractivity contribution in [2.75, 3.05) is 19.9 Å². The fourth-order valence-corrected chi connectivity index (χ4v) is 1.12. The SMILES string of the molecule is CCC1([N+](=O)[O-])CNCOC1. The van der Waals surface area contributed by atoms with Crippen LogP contribution in [-0.4, -0.2) is 30.3 Å². The summed E-state index contributed by atoms with van der Waals surface area (Å²) in [6, 6.07) is 0. The van der Waals surface area contributed by atoms with Crippen LogP contribution in [-0.2, 0) is 4.74 Å². The van der Waals surface area contributed by atoms with Crippen molar-refractivity contribution >= 4 is 0 Å². The van der Waals surface area contributed by atoms with Gasteiger partial charge < -0.3 is 4.74 Å². The maximum atomic E-state index is 10.6. The summed E-state index contributed by atoms with van der Waals surface area (Å²) in [6.07, 6.45) is 0.507. The molecular weight excluding hydrogens is 148 g/mol. The molecule has 5 nitrogen and oxygen atoms in total. The topological polar surface area (TPSA) is 64.4 Å². The zero-order chi connectivity index (χ0) is 8.32. The predicted octanol–water partition coefficient (Wildman–Crippen LogP) is -0.0108. The van der Waals surface area contributed by atoms with Gasteiger partial charge in [0.05, 0.1) is 13.3 Å². The van der Waals surface area contributed by atoms with Gasteiger partial charge in [0.1, 0.15) is 6.61 Å². The molecule has 0 spiro atoms. The number of hydrogen-bond acceptors (Lipinski definition) is 4. The lowest BCUT2D eigenvalue weighted by Crippen LogP contribution is -2.55. The molecule has 5 heteroatoms. The molecule has 1 saturated heterocycles. The van der Waals surface area contributed by atoms with Crippen molar-refractivity contribution in [3.8, 4) is 0 Å². The van der Waals surface area contributed by atoms with Crippen LogP contribution < -0.4 is 5.32 Å². The number of ether oxygens (including phenoxy) is 1. The summed E-state index contributed by atoms with van der Waals surface area (Å²) in [5, 5.41) is 13.4. The maximum Gasteiger partial charge on any atom is 0.257 e. The third-order valence-electron chi connectivity index (χ3n) is 2.07. The summed E-state index contributed by atoms with van der Waals surface area (Å²) in [7, 11) is 0. The first kappa shape index (κ1) is 8.42. The van der Waals surface area contributed by atoms with E-state index in [4.69, 9.17) is 4.74 Å². The van der Waals surface area contributed by atoms with E-state index in [0.717, 1.165) is 0 Å². The van der Waals surface area contributed by atoms with Crippen molar-refractivity contribution in [1.29, 1.82) is 0 Å². The first-order valence-electron chi connectivity index (χ1n) is 3.64. The Morgan fingerprint density at radius 3 is 2.82 bits per heavy atom. The summed E-state index contributed by atoms with van der Waals surface area (Å²) < 4.78 is 4.98. The van der Waals surface area contributed by atoms with Crippen LogP contribution in [0, 0.1) is 10.1 Å². The highest BCUT2D eigenvalue weighted by atomic mass is 16.6. The highest BCUT2D eigenvalue weighted by molar-refractivity contribution is 4.82. The molecule has 1 unspecified atom stereocenters. The van der Waals surface area contributed by atoms with E-state index in [2.05, 4.69) is 5.32 Å². The van der Waals surface area contributed by atoms with Crippen molar-refractivity contribution in [1.82, 2.24) is 5.32 Å². The molecule has 64 valence electrons. The minimum absolute atomic E-state index is 0.226. The van der Waals surface area contributed by atoms with Gasteiger partial charge in [-0.2, -0.15) is 0 Å². The van der Waals surface area contributed by atoms with Crippen LogP contribution in [0.25, 0.3) is 0 Å². The van der Waals surface area contributed by atoms with E-state index in [1.807, 2.05) is 0 Å². The molecule has 0 saturated carbocycles. The quantitative estimate of drug-likeness (QED) is 0.455. The van der Waals surface area contributed by atoms with Gasteiger partial charge in [-0.15, -0.1) is 0 Å². The molecule has 0 radical (unpaired) electrons. The number of nitrogens with zero attached hydrogens (tertiary/aromatic N) is 1. The van der Waals surface area contributed by atoms with Crippen LogP contribution in [0.15, 0.2) is 0 Å².